The lowest BCUT2D eigenvalue weighted by Crippen LogP contribution is -2.32. The summed E-state index contributed by atoms with van der Waals surface area (Å²) in [7, 11) is 0. The third kappa shape index (κ3) is 4.62. The van der Waals surface area contributed by atoms with Gasteiger partial charge in [-0.2, -0.15) is 0 Å². The maximum Gasteiger partial charge on any atom is 0.0535 e. The molecule has 1 saturated heterocycles. The monoisotopic (exact) mass is 325 g/mol. The van der Waals surface area contributed by atoms with E-state index in [1.807, 2.05) is 36.9 Å². The lowest BCUT2D eigenvalue weighted by atomic mass is 9.82. The van der Waals surface area contributed by atoms with Crippen LogP contribution in [0.5, 0.6) is 0 Å². The van der Waals surface area contributed by atoms with Crippen molar-refractivity contribution in [1.82, 2.24) is 14.9 Å². The second kappa shape index (κ2) is 8.36. The molecule has 3 heterocycles. The molecule has 24 heavy (non-hydrogen) atoms. The highest BCUT2D eigenvalue weighted by Gasteiger charge is 2.37. The normalized spacial score (nSPS) is 21.2. The fraction of sp³-hybridized carbons (Fsp3) is 0.500. The third-order valence-electron chi connectivity index (χ3n) is 4.93. The summed E-state index contributed by atoms with van der Waals surface area (Å²) < 4.78 is 5.85. The minimum atomic E-state index is 0.258. The van der Waals surface area contributed by atoms with E-state index in [2.05, 4.69) is 33.9 Å². The molecule has 4 nitrogen and oxygen atoms in total. The Labute approximate surface area is 144 Å². The number of aryl methyl sites for hydroxylation is 1. The maximum absolute atomic E-state index is 5.85. The van der Waals surface area contributed by atoms with Crippen molar-refractivity contribution in [2.75, 3.05) is 26.3 Å². The SMILES string of the molecule is CCOC[C@]1(CCc2cccnc2)CCN(Cc2cccnc2)C1. The molecular weight excluding hydrogens is 298 g/mol. The molecule has 1 aliphatic heterocycles. The Kier molecular flexibility index (Phi) is 5.94. The number of nitrogens with zero attached hydrogens (tertiary/aromatic N) is 3. The molecule has 0 aliphatic carbocycles. The van der Waals surface area contributed by atoms with Crippen molar-refractivity contribution in [2.24, 2.45) is 5.41 Å². The second-order valence-electron chi connectivity index (χ2n) is 6.82. The zero-order valence-corrected chi connectivity index (χ0v) is 14.5. The van der Waals surface area contributed by atoms with E-state index in [-0.39, 0.29) is 5.41 Å². The summed E-state index contributed by atoms with van der Waals surface area (Å²) in [5, 5.41) is 0. The fourth-order valence-electron chi connectivity index (χ4n) is 3.58. The Morgan fingerprint density at radius 3 is 2.54 bits per heavy atom. The first-order chi connectivity index (χ1) is 11.8. The summed E-state index contributed by atoms with van der Waals surface area (Å²) in [6.07, 6.45) is 11.1. The van der Waals surface area contributed by atoms with Crippen LogP contribution < -0.4 is 0 Å². The van der Waals surface area contributed by atoms with Gasteiger partial charge in [-0.3, -0.25) is 14.9 Å². The van der Waals surface area contributed by atoms with Crippen molar-refractivity contribution in [3.05, 3.63) is 60.2 Å². The zero-order valence-electron chi connectivity index (χ0n) is 14.5. The summed E-state index contributed by atoms with van der Waals surface area (Å²) in [6, 6.07) is 8.37. The molecule has 0 bridgehead atoms. The number of aromatic nitrogens is 2. The van der Waals surface area contributed by atoms with Crippen molar-refractivity contribution in [3.8, 4) is 0 Å². The van der Waals surface area contributed by atoms with Gasteiger partial charge in [-0.15, -0.1) is 0 Å². The average molecular weight is 325 g/mol. The van der Waals surface area contributed by atoms with E-state index in [0.717, 1.165) is 45.7 Å². The number of pyridine rings is 2. The molecule has 0 amide bonds. The molecule has 0 radical (unpaired) electrons. The first kappa shape index (κ1) is 17.1. The standard InChI is InChI=1S/C20H27N3O/c1-2-24-17-20(8-7-18-5-3-10-21-13-18)9-12-23(16-20)15-19-6-4-11-22-14-19/h3-6,10-11,13-14H,2,7-9,12,15-17H2,1H3/t20-/m1/s1. The van der Waals surface area contributed by atoms with Crippen LogP contribution in [-0.4, -0.2) is 41.2 Å². The van der Waals surface area contributed by atoms with Crippen molar-refractivity contribution < 1.29 is 4.74 Å². The minimum Gasteiger partial charge on any atom is -0.381 e. The number of hydrogen-bond donors (Lipinski definition) is 0. The van der Waals surface area contributed by atoms with Gasteiger partial charge in [0.25, 0.3) is 0 Å². The summed E-state index contributed by atoms with van der Waals surface area (Å²) in [5.74, 6) is 0. The van der Waals surface area contributed by atoms with E-state index in [9.17, 15) is 0 Å². The van der Waals surface area contributed by atoms with Gasteiger partial charge in [0, 0.05) is 49.9 Å². The molecule has 4 heteroatoms. The van der Waals surface area contributed by atoms with Gasteiger partial charge in [0.05, 0.1) is 6.61 Å². The average Bonchev–Trinajstić information content (AvgIpc) is 3.03. The molecule has 0 N–H and O–H groups in total. The van der Waals surface area contributed by atoms with Crippen molar-refractivity contribution in [2.45, 2.75) is 32.7 Å². The Morgan fingerprint density at radius 2 is 1.88 bits per heavy atom. The largest absolute Gasteiger partial charge is 0.381 e. The molecule has 3 rings (SSSR count). The molecule has 1 atom stereocenters. The van der Waals surface area contributed by atoms with Crippen molar-refractivity contribution in [3.63, 3.8) is 0 Å². The van der Waals surface area contributed by atoms with Crippen LogP contribution in [0.4, 0.5) is 0 Å². The predicted molar refractivity (Wildman–Crippen MR) is 95.6 cm³/mol. The molecule has 1 aliphatic rings. The zero-order chi connectivity index (χ0) is 16.7. The quantitative estimate of drug-likeness (QED) is 0.746. The van der Waals surface area contributed by atoms with E-state index < -0.39 is 0 Å². The molecular formula is C20H27N3O. The first-order valence-electron chi connectivity index (χ1n) is 8.88. The topological polar surface area (TPSA) is 38.2 Å². The Bertz CT molecular complexity index is 605. The van der Waals surface area contributed by atoms with Gasteiger partial charge in [-0.05, 0) is 56.0 Å². The van der Waals surface area contributed by atoms with E-state index in [0.29, 0.717) is 0 Å². The highest BCUT2D eigenvalue weighted by molar-refractivity contribution is 5.11. The van der Waals surface area contributed by atoms with E-state index >= 15 is 0 Å². The fourth-order valence-corrected chi connectivity index (χ4v) is 3.58. The van der Waals surface area contributed by atoms with Crippen molar-refractivity contribution in [1.29, 1.82) is 0 Å². The molecule has 0 aromatic carbocycles. The van der Waals surface area contributed by atoms with Crippen LogP contribution in [0.2, 0.25) is 0 Å². The van der Waals surface area contributed by atoms with E-state index in [1.165, 1.54) is 17.5 Å². The van der Waals surface area contributed by atoms with Gasteiger partial charge in [0.1, 0.15) is 0 Å². The van der Waals surface area contributed by atoms with Crippen molar-refractivity contribution >= 4 is 0 Å². The molecule has 0 spiro atoms. The number of ether oxygens (including phenoxy) is 1. The van der Waals surface area contributed by atoms with Gasteiger partial charge >= 0.3 is 0 Å². The lowest BCUT2D eigenvalue weighted by molar-refractivity contribution is 0.0489. The van der Waals surface area contributed by atoms with Gasteiger partial charge in [-0.1, -0.05) is 12.1 Å². The summed E-state index contributed by atoms with van der Waals surface area (Å²) in [5.41, 5.74) is 2.87. The van der Waals surface area contributed by atoms with Crippen LogP contribution in [0, 0.1) is 5.41 Å². The second-order valence-corrected chi connectivity index (χ2v) is 6.82. The van der Waals surface area contributed by atoms with Gasteiger partial charge in [0.2, 0.25) is 0 Å². The summed E-state index contributed by atoms with van der Waals surface area (Å²) in [6.45, 7) is 6.94. The highest BCUT2D eigenvalue weighted by atomic mass is 16.5. The highest BCUT2D eigenvalue weighted by Crippen LogP contribution is 2.36. The molecule has 2 aromatic heterocycles. The van der Waals surface area contributed by atoms with Crippen LogP contribution in [-0.2, 0) is 17.7 Å². The van der Waals surface area contributed by atoms with Crippen LogP contribution >= 0.6 is 0 Å². The Morgan fingerprint density at radius 1 is 1.12 bits per heavy atom. The van der Waals surface area contributed by atoms with Crippen LogP contribution in [0.1, 0.15) is 30.9 Å². The molecule has 2 aromatic rings. The predicted octanol–water partition coefficient (Wildman–Crippen LogP) is 3.34. The first-order valence-corrected chi connectivity index (χ1v) is 8.88. The molecule has 0 saturated carbocycles. The van der Waals surface area contributed by atoms with Gasteiger partial charge < -0.3 is 4.74 Å². The van der Waals surface area contributed by atoms with Gasteiger partial charge in [0.15, 0.2) is 0 Å². The summed E-state index contributed by atoms with van der Waals surface area (Å²) in [4.78, 5) is 11.0. The number of hydrogen-bond acceptors (Lipinski definition) is 4. The van der Waals surface area contributed by atoms with E-state index in [4.69, 9.17) is 4.74 Å². The Balaban J connectivity index is 1.61. The molecule has 0 unspecified atom stereocenters. The van der Waals surface area contributed by atoms with Gasteiger partial charge in [-0.25, -0.2) is 0 Å². The van der Waals surface area contributed by atoms with Crippen LogP contribution in [0.3, 0.4) is 0 Å². The smallest absolute Gasteiger partial charge is 0.0535 e. The van der Waals surface area contributed by atoms with Crippen LogP contribution in [0.15, 0.2) is 49.1 Å². The lowest BCUT2D eigenvalue weighted by Gasteiger charge is -2.29. The van der Waals surface area contributed by atoms with E-state index in [1.54, 1.807) is 0 Å². The van der Waals surface area contributed by atoms with Crippen LogP contribution in [0.25, 0.3) is 0 Å². The summed E-state index contributed by atoms with van der Waals surface area (Å²) >= 11 is 0. The Hall–Kier alpha value is -1.78. The third-order valence-corrected chi connectivity index (χ3v) is 4.93. The molecule has 1 fully saturated rings. The molecule has 128 valence electrons. The number of likely N-dealkylation sites (tertiary alicyclic amines) is 1. The minimum absolute atomic E-state index is 0.258. The maximum atomic E-state index is 5.85. The number of rotatable bonds is 8.